The van der Waals surface area contributed by atoms with Gasteiger partial charge in [0.05, 0.1) is 6.54 Å². The van der Waals surface area contributed by atoms with Crippen LogP contribution in [0.15, 0.2) is 36.7 Å². The number of ether oxygens (including phenoxy) is 1. The molecule has 6 heteroatoms. The predicted molar refractivity (Wildman–Crippen MR) is 80.5 cm³/mol. The van der Waals surface area contributed by atoms with Gasteiger partial charge in [0.15, 0.2) is 0 Å². The number of imidazole rings is 1. The molecule has 0 amide bonds. The van der Waals surface area contributed by atoms with Gasteiger partial charge in [-0.1, -0.05) is 0 Å². The summed E-state index contributed by atoms with van der Waals surface area (Å²) in [4.78, 5) is 6.69. The van der Waals surface area contributed by atoms with Crippen LogP contribution in [-0.4, -0.2) is 40.0 Å². The second-order valence-corrected chi connectivity index (χ2v) is 5.10. The normalized spacial score (nSPS) is 14.7. The highest BCUT2D eigenvalue weighted by molar-refractivity contribution is 5.94. The molecule has 1 aromatic carbocycles. The van der Waals surface area contributed by atoms with Gasteiger partial charge in [-0.05, 0) is 24.3 Å². The minimum absolute atomic E-state index is 0.0744. The van der Waals surface area contributed by atoms with Gasteiger partial charge in [-0.25, -0.2) is 4.98 Å². The van der Waals surface area contributed by atoms with E-state index in [0.717, 1.165) is 37.8 Å². The van der Waals surface area contributed by atoms with E-state index in [9.17, 15) is 0 Å². The van der Waals surface area contributed by atoms with Crippen LogP contribution < -0.4 is 10.5 Å². The lowest BCUT2D eigenvalue weighted by Gasteiger charge is -2.27. The Balaban J connectivity index is 1.47. The van der Waals surface area contributed by atoms with Crippen LogP contribution in [0.5, 0.6) is 5.75 Å². The fourth-order valence-corrected chi connectivity index (χ4v) is 2.44. The minimum Gasteiger partial charge on any atom is -0.492 e. The summed E-state index contributed by atoms with van der Waals surface area (Å²) in [6.45, 7) is 4.40. The SMILES string of the molecule is N=C(N)c1ccc(OCCN2CCn3ccnc3C2)cc1. The maximum Gasteiger partial charge on any atom is 0.122 e. The Morgan fingerprint density at radius 2 is 2.10 bits per heavy atom. The van der Waals surface area contributed by atoms with Crippen molar-refractivity contribution in [3.8, 4) is 5.75 Å². The van der Waals surface area contributed by atoms with Crippen molar-refractivity contribution >= 4 is 5.84 Å². The summed E-state index contributed by atoms with van der Waals surface area (Å²) < 4.78 is 7.93. The molecule has 0 saturated heterocycles. The summed E-state index contributed by atoms with van der Waals surface area (Å²) in [6, 6.07) is 7.30. The molecule has 110 valence electrons. The van der Waals surface area contributed by atoms with Gasteiger partial charge in [0.25, 0.3) is 0 Å². The second kappa shape index (κ2) is 5.97. The van der Waals surface area contributed by atoms with E-state index in [4.69, 9.17) is 15.9 Å². The number of amidine groups is 1. The lowest BCUT2D eigenvalue weighted by Crippen LogP contribution is -2.36. The number of aromatic nitrogens is 2. The Bertz CT molecular complexity index is 619. The first-order valence-electron chi connectivity index (χ1n) is 7.02. The van der Waals surface area contributed by atoms with E-state index in [0.29, 0.717) is 12.2 Å². The van der Waals surface area contributed by atoms with Crippen LogP contribution in [0.3, 0.4) is 0 Å². The maximum atomic E-state index is 7.35. The smallest absolute Gasteiger partial charge is 0.122 e. The average Bonchev–Trinajstić information content (AvgIpc) is 2.95. The molecule has 2 heterocycles. The third kappa shape index (κ3) is 3.22. The van der Waals surface area contributed by atoms with E-state index in [2.05, 4.69) is 14.5 Å². The summed E-state index contributed by atoms with van der Waals surface area (Å²) in [7, 11) is 0. The molecule has 0 unspecified atom stereocenters. The van der Waals surface area contributed by atoms with Crippen LogP contribution in [-0.2, 0) is 13.1 Å². The van der Waals surface area contributed by atoms with Crippen molar-refractivity contribution in [1.82, 2.24) is 14.5 Å². The van der Waals surface area contributed by atoms with Crippen LogP contribution >= 0.6 is 0 Å². The first kappa shape index (κ1) is 13.6. The summed E-state index contributed by atoms with van der Waals surface area (Å²) >= 11 is 0. The molecular formula is C15H19N5O. The average molecular weight is 285 g/mol. The molecule has 0 spiro atoms. The van der Waals surface area contributed by atoms with E-state index in [1.54, 1.807) is 12.1 Å². The highest BCUT2D eigenvalue weighted by Gasteiger charge is 2.15. The van der Waals surface area contributed by atoms with Gasteiger partial charge in [-0.3, -0.25) is 10.3 Å². The van der Waals surface area contributed by atoms with Crippen molar-refractivity contribution in [1.29, 1.82) is 5.41 Å². The molecule has 2 aromatic rings. The zero-order chi connectivity index (χ0) is 14.7. The Labute approximate surface area is 123 Å². The van der Waals surface area contributed by atoms with Gasteiger partial charge in [0.1, 0.15) is 24.0 Å². The molecule has 1 aromatic heterocycles. The molecule has 3 N–H and O–H groups in total. The van der Waals surface area contributed by atoms with Crippen molar-refractivity contribution in [3.05, 3.63) is 48.0 Å². The van der Waals surface area contributed by atoms with Gasteiger partial charge in [-0.2, -0.15) is 0 Å². The first-order valence-corrected chi connectivity index (χ1v) is 7.02. The number of hydrogen-bond acceptors (Lipinski definition) is 4. The van der Waals surface area contributed by atoms with E-state index in [1.165, 1.54) is 0 Å². The number of hydrogen-bond donors (Lipinski definition) is 2. The summed E-state index contributed by atoms with van der Waals surface area (Å²) in [5.74, 6) is 2.00. The van der Waals surface area contributed by atoms with Gasteiger partial charge >= 0.3 is 0 Å². The van der Waals surface area contributed by atoms with Crippen molar-refractivity contribution in [3.63, 3.8) is 0 Å². The van der Waals surface area contributed by atoms with Crippen LogP contribution in [0.2, 0.25) is 0 Å². The second-order valence-electron chi connectivity index (χ2n) is 5.10. The van der Waals surface area contributed by atoms with E-state index >= 15 is 0 Å². The van der Waals surface area contributed by atoms with Crippen LogP contribution in [0.1, 0.15) is 11.4 Å². The highest BCUT2D eigenvalue weighted by atomic mass is 16.5. The molecule has 1 aliphatic rings. The number of nitrogen functional groups attached to an aromatic ring is 1. The van der Waals surface area contributed by atoms with Crippen LogP contribution in [0, 0.1) is 5.41 Å². The number of fused-ring (bicyclic) bond motifs is 1. The molecule has 0 aliphatic carbocycles. The Morgan fingerprint density at radius 3 is 2.86 bits per heavy atom. The van der Waals surface area contributed by atoms with Crippen LogP contribution in [0.4, 0.5) is 0 Å². The fraction of sp³-hybridized carbons (Fsp3) is 0.333. The number of benzene rings is 1. The predicted octanol–water partition coefficient (Wildman–Crippen LogP) is 1.06. The molecule has 6 nitrogen and oxygen atoms in total. The van der Waals surface area contributed by atoms with Crippen molar-refractivity contribution < 1.29 is 4.74 Å². The van der Waals surface area contributed by atoms with Crippen molar-refractivity contribution in [2.75, 3.05) is 19.7 Å². The van der Waals surface area contributed by atoms with Crippen LogP contribution in [0.25, 0.3) is 0 Å². The largest absolute Gasteiger partial charge is 0.492 e. The molecule has 0 atom stereocenters. The van der Waals surface area contributed by atoms with Gasteiger partial charge in [0.2, 0.25) is 0 Å². The quantitative estimate of drug-likeness (QED) is 0.636. The third-order valence-corrected chi connectivity index (χ3v) is 3.67. The standard InChI is InChI=1S/C15H19N5O/c16-15(17)12-1-3-13(4-2-12)21-10-9-19-7-8-20-6-5-18-14(20)11-19/h1-6H,7-11H2,(H3,16,17). The lowest BCUT2D eigenvalue weighted by atomic mass is 10.2. The monoisotopic (exact) mass is 285 g/mol. The Hall–Kier alpha value is -2.34. The molecule has 0 fully saturated rings. The molecule has 0 radical (unpaired) electrons. The Morgan fingerprint density at radius 1 is 1.29 bits per heavy atom. The van der Waals surface area contributed by atoms with E-state index in [-0.39, 0.29) is 5.84 Å². The van der Waals surface area contributed by atoms with Crippen molar-refractivity contribution in [2.24, 2.45) is 5.73 Å². The summed E-state index contributed by atoms with van der Waals surface area (Å²) in [5, 5.41) is 7.35. The Kier molecular flexibility index (Phi) is 3.87. The molecule has 0 bridgehead atoms. The number of nitrogens with zero attached hydrogens (tertiary/aromatic N) is 3. The fourth-order valence-electron chi connectivity index (χ4n) is 2.44. The molecule has 0 saturated carbocycles. The third-order valence-electron chi connectivity index (χ3n) is 3.67. The highest BCUT2D eigenvalue weighted by Crippen LogP contribution is 2.13. The molecule has 3 rings (SSSR count). The zero-order valence-electron chi connectivity index (χ0n) is 11.8. The molecular weight excluding hydrogens is 266 g/mol. The van der Waals surface area contributed by atoms with E-state index in [1.807, 2.05) is 24.5 Å². The number of nitrogens with one attached hydrogen (secondary N) is 1. The number of rotatable bonds is 5. The zero-order valence-corrected chi connectivity index (χ0v) is 11.8. The maximum absolute atomic E-state index is 7.35. The lowest BCUT2D eigenvalue weighted by molar-refractivity contribution is 0.175. The van der Waals surface area contributed by atoms with Gasteiger partial charge < -0.3 is 15.0 Å². The minimum atomic E-state index is 0.0744. The molecule has 21 heavy (non-hydrogen) atoms. The topological polar surface area (TPSA) is 80.2 Å². The van der Waals surface area contributed by atoms with E-state index < -0.39 is 0 Å². The number of nitrogens with two attached hydrogens (primary N) is 1. The first-order chi connectivity index (χ1) is 10.2. The van der Waals surface area contributed by atoms with Gasteiger partial charge in [0, 0.05) is 37.6 Å². The van der Waals surface area contributed by atoms with Gasteiger partial charge in [-0.15, -0.1) is 0 Å². The molecule has 1 aliphatic heterocycles. The summed E-state index contributed by atoms with van der Waals surface area (Å²) in [6.07, 6.45) is 3.88. The summed E-state index contributed by atoms with van der Waals surface area (Å²) in [5.41, 5.74) is 6.13. The van der Waals surface area contributed by atoms with Crippen molar-refractivity contribution in [2.45, 2.75) is 13.1 Å².